The van der Waals surface area contributed by atoms with Crippen LogP contribution < -0.4 is 19.1 Å². The minimum atomic E-state index is -3.87. The molecule has 2 atom stereocenters. The molecule has 1 aliphatic rings. The number of anilines is 1. The van der Waals surface area contributed by atoms with Crippen molar-refractivity contribution in [1.29, 1.82) is 0 Å². The summed E-state index contributed by atoms with van der Waals surface area (Å²) >= 11 is 0. The van der Waals surface area contributed by atoms with E-state index in [1.165, 1.54) is 33.7 Å². The van der Waals surface area contributed by atoms with Gasteiger partial charge in [0, 0.05) is 13.1 Å². The van der Waals surface area contributed by atoms with Crippen molar-refractivity contribution < 1.29 is 32.2 Å². The molecule has 0 spiro atoms. The molecule has 4 heterocycles. The Balaban J connectivity index is 1.53. The monoisotopic (exact) mass is 570 g/mol. The van der Waals surface area contributed by atoms with Gasteiger partial charge in [0.05, 0.1) is 45.1 Å². The van der Waals surface area contributed by atoms with E-state index >= 15 is 0 Å². The highest BCUT2D eigenvalue weighted by Gasteiger charge is 2.37. The molecule has 0 amide bonds. The number of hydrogen-bond acceptors (Lipinski definition) is 12. The number of aryl methyl sites for hydroxylation is 1. The van der Waals surface area contributed by atoms with Gasteiger partial charge in [-0.1, -0.05) is 6.07 Å². The van der Waals surface area contributed by atoms with E-state index in [-0.39, 0.29) is 31.2 Å². The summed E-state index contributed by atoms with van der Waals surface area (Å²) in [6.45, 7) is 2.10. The number of methoxy groups -OCH3 is 3. The first-order valence-corrected chi connectivity index (χ1v) is 14.2. The van der Waals surface area contributed by atoms with Crippen LogP contribution in [-0.4, -0.2) is 84.0 Å². The Hall–Kier alpha value is -4.17. The highest BCUT2D eigenvalue weighted by molar-refractivity contribution is 7.91. The van der Waals surface area contributed by atoms with Crippen LogP contribution in [0, 0.1) is 6.92 Å². The predicted octanol–water partition coefficient (Wildman–Crippen LogP) is 2.21. The number of aromatic nitrogens is 5. The Kier molecular flexibility index (Phi) is 7.63. The number of benzene rings is 1. The van der Waals surface area contributed by atoms with Crippen LogP contribution in [0.1, 0.15) is 18.0 Å². The van der Waals surface area contributed by atoms with Crippen molar-refractivity contribution in [2.24, 2.45) is 0 Å². The molecule has 0 aliphatic carbocycles. The van der Waals surface area contributed by atoms with Gasteiger partial charge in [-0.3, -0.25) is 4.57 Å². The molecule has 14 heteroatoms. The summed E-state index contributed by atoms with van der Waals surface area (Å²) in [6, 6.07) is 8.75. The highest BCUT2D eigenvalue weighted by atomic mass is 32.2. The second-order valence-electron chi connectivity index (χ2n) is 9.34. The summed E-state index contributed by atoms with van der Waals surface area (Å²) in [5.41, 5.74) is 0.434. The van der Waals surface area contributed by atoms with E-state index in [0.29, 0.717) is 40.4 Å². The molecule has 1 aliphatic heterocycles. The zero-order valence-electron chi connectivity index (χ0n) is 22.5. The van der Waals surface area contributed by atoms with Gasteiger partial charge in [0.2, 0.25) is 11.8 Å². The number of nitrogens with zero attached hydrogens (tertiary/aromatic N) is 6. The van der Waals surface area contributed by atoms with Crippen LogP contribution in [0.25, 0.3) is 17.3 Å². The zero-order valence-corrected chi connectivity index (χ0v) is 23.3. The molecule has 0 bridgehead atoms. The van der Waals surface area contributed by atoms with Crippen LogP contribution in [-0.2, 0) is 15.6 Å². The van der Waals surface area contributed by atoms with Crippen LogP contribution in [0.2, 0.25) is 0 Å². The van der Waals surface area contributed by atoms with Crippen LogP contribution in [0.5, 0.6) is 17.2 Å². The molecule has 4 aromatic rings. The van der Waals surface area contributed by atoms with Gasteiger partial charge in [-0.2, -0.15) is 0 Å². The number of hydrogen-bond donors (Lipinski definition) is 1. The predicted molar refractivity (Wildman–Crippen MR) is 145 cm³/mol. The lowest BCUT2D eigenvalue weighted by molar-refractivity contribution is 0.154. The molecule has 0 unspecified atom stereocenters. The molecule has 3 aromatic heterocycles. The molecule has 13 nitrogen and oxygen atoms in total. The van der Waals surface area contributed by atoms with Gasteiger partial charge in [-0.15, -0.1) is 10.2 Å². The molecule has 0 radical (unpaired) electrons. The maximum absolute atomic E-state index is 13.9. The van der Waals surface area contributed by atoms with Crippen molar-refractivity contribution in [2.45, 2.75) is 30.5 Å². The average molecular weight is 571 g/mol. The number of aliphatic hydroxyl groups is 1. The van der Waals surface area contributed by atoms with E-state index in [1.807, 2.05) is 0 Å². The minimum Gasteiger partial charge on any atom is -0.494 e. The maximum Gasteiger partial charge on any atom is 0.225 e. The topological polar surface area (TPSA) is 155 Å². The molecule has 1 N–H and O–H groups in total. The van der Waals surface area contributed by atoms with Gasteiger partial charge < -0.3 is 28.6 Å². The van der Waals surface area contributed by atoms with Gasteiger partial charge in [0.1, 0.15) is 28.7 Å². The third kappa shape index (κ3) is 5.31. The fraction of sp³-hybridized carbons (Fsp3) is 0.385. The number of furan rings is 1. The van der Waals surface area contributed by atoms with E-state index in [1.54, 1.807) is 46.7 Å². The third-order valence-electron chi connectivity index (χ3n) is 6.68. The largest absolute Gasteiger partial charge is 0.494 e. The van der Waals surface area contributed by atoms with Crippen molar-refractivity contribution in [3.8, 4) is 34.5 Å². The van der Waals surface area contributed by atoms with E-state index < -0.39 is 26.9 Å². The van der Waals surface area contributed by atoms with Gasteiger partial charge in [-0.25, -0.2) is 18.4 Å². The Labute approximate surface area is 231 Å². The van der Waals surface area contributed by atoms with Crippen LogP contribution in [0.3, 0.4) is 0 Å². The van der Waals surface area contributed by atoms with E-state index in [2.05, 4.69) is 20.2 Å². The molecule has 1 aromatic carbocycles. The van der Waals surface area contributed by atoms with Crippen LogP contribution in [0.15, 0.2) is 47.1 Å². The fourth-order valence-electron chi connectivity index (χ4n) is 4.74. The molecule has 40 heavy (non-hydrogen) atoms. The lowest BCUT2D eigenvalue weighted by atomic mass is 10.1. The summed E-state index contributed by atoms with van der Waals surface area (Å²) in [5, 5.41) is 18.3. The maximum atomic E-state index is 13.9. The lowest BCUT2D eigenvalue weighted by Crippen LogP contribution is -2.49. The van der Waals surface area contributed by atoms with E-state index in [9.17, 15) is 13.5 Å². The molecular formula is C26H30N6O7S. The Morgan fingerprint density at radius 1 is 1.00 bits per heavy atom. The summed E-state index contributed by atoms with van der Waals surface area (Å²) in [4.78, 5) is 10.2. The number of rotatable bonds is 9. The van der Waals surface area contributed by atoms with Crippen molar-refractivity contribution in [3.63, 3.8) is 0 Å². The zero-order chi connectivity index (χ0) is 28.4. The van der Waals surface area contributed by atoms with Crippen LogP contribution >= 0.6 is 0 Å². The number of ether oxygens (including phenoxy) is 3. The quantitative estimate of drug-likeness (QED) is 0.314. The standard InChI is InChI=1S/C26H30N6O7S/c1-16-8-9-22(39-16)25-30-29-23(32(25)24-20(37-3)6-5-7-21(24)38-4)15-40(34,35)19-10-17(33)13-31(14-19)26-27-11-18(36-2)12-28-26/h5-9,11-12,17,19,33H,10,13-15H2,1-4H3/t17-,19+/m0/s1. The molecule has 1 saturated heterocycles. The summed E-state index contributed by atoms with van der Waals surface area (Å²) in [6.07, 6.45) is 2.15. The van der Waals surface area contributed by atoms with Crippen LogP contribution in [0.4, 0.5) is 5.95 Å². The first-order chi connectivity index (χ1) is 19.2. The van der Waals surface area contributed by atoms with Crippen molar-refractivity contribution in [1.82, 2.24) is 24.7 Å². The van der Waals surface area contributed by atoms with E-state index in [4.69, 9.17) is 18.6 Å². The smallest absolute Gasteiger partial charge is 0.225 e. The number of para-hydroxylation sites is 1. The second-order valence-corrected chi connectivity index (χ2v) is 11.6. The normalized spacial score (nSPS) is 17.6. The number of sulfone groups is 1. The first-order valence-electron chi connectivity index (χ1n) is 12.5. The van der Waals surface area contributed by atoms with Gasteiger partial charge in [-0.05, 0) is 37.6 Å². The average Bonchev–Trinajstić information content (AvgIpc) is 3.57. The van der Waals surface area contributed by atoms with Gasteiger partial charge >= 0.3 is 0 Å². The molecule has 0 saturated carbocycles. The molecule has 1 fully saturated rings. The summed E-state index contributed by atoms with van der Waals surface area (Å²) < 4.78 is 51.4. The summed E-state index contributed by atoms with van der Waals surface area (Å²) in [7, 11) is 0.647. The molecular weight excluding hydrogens is 540 g/mol. The van der Waals surface area contributed by atoms with E-state index in [0.717, 1.165) is 0 Å². The first kappa shape index (κ1) is 27.4. The summed E-state index contributed by atoms with van der Waals surface area (Å²) in [5.74, 6) is 2.65. The Bertz CT molecular complexity index is 1560. The van der Waals surface area contributed by atoms with Crippen molar-refractivity contribution in [3.05, 3.63) is 54.3 Å². The Morgan fingerprint density at radius 2 is 1.70 bits per heavy atom. The number of piperidine rings is 1. The third-order valence-corrected chi connectivity index (χ3v) is 8.70. The number of aliphatic hydroxyl groups excluding tert-OH is 1. The molecule has 212 valence electrons. The fourth-order valence-corrected chi connectivity index (χ4v) is 6.44. The molecule has 5 rings (SSSR count). The number of β-amino-alcohol motifs (C(OH)–C–C–N with tert-alkyl or cyclic N) is 1. The highest BCUT2D eigenvalue weighted by Crippen LogP contribution is 2.37. The minimum absolute atomic E-state index is 0.0609. The van der Waals surface area contributed by atoms with Gasteiger partial charge in [0.15, 0.2) is 27.2 Å². The van der Waals surface area contributed by atoms with Gasteiger partial charge in [0.25, 0.3) is 0 Å². The Morgan fingerprint density at radius 3 is 2.30 bits per heavy atom. The second kappa shape index (κ2) is 11.1. The van der Waals surface area contributed by atoms with Crippen molar-refractivity contribution >= 4 is 15.8 Å². The lowest BCUT2D eigenvalue weighted by Gasteiger charge is -2.35. The van der Waals surface area contributed by atoms with Crippen molar-refractivity contribution in [2.75, 3.05) is 39.3 Å². The SMILES string of the molecule is COc1cnc(N2C[C@@H](O)C[C@@H](S(=O)(=O)Cc3nnc(-c4ccc(C)o4)n3-c3c(OC)cccc3OC)C2)nc1.